The molecule has 134 valence electrons. The highest BCUT2D eigenvalue weighted by Gasteiger charge is 2.33. The zero-order valence-corrected chi connectivity index (χ0v) is 12.3. The third-order valence-corrected chi connectivity index (χ3v) is 3.06. The van der Waals surface area contributed by atoms with Crippen molar-refractivity contribution in [1.82, 2.24) is 0 Å². The molecular weight excluding hydrogens is 352 g/mol. The number of alkyl halides is 6. The van der Waals surface area contributed by atoms with Gasteiger partial charge in [0.25, 0.3) is 0 Å². The van der Waals surface area contributed by atoms with Gasteiger partial charge in [0.15, 0.2) is 0 Å². The molecule has 0 aromatic heterocycles. The van der Waals surface area contributed by atoms with Gasteiger partial charge in [-0.3, -0.25) is 0 Å². The highest BCUT2D eigenvalue weighted by Crippen LogP contribution is 2.35. The lowest BCUT2D eigenvalue weighted by Crippen LogP contribution is -2.20. The number of anilines is 3. The Labute approximate surface area is 137 Å². The SMILES string of the molecule is Nc1ccc(NC(=O)Nc2cccc(C(F)(F)F)c2)cc1C(F)(F)F. The van der Waals surface area contributed by atoms with Gasteiger partial charge < -0.3 is 16.4 Å². The van der Waals surface area contributed by atoms with E-state index in [-0.39, 0.29) is 11.4 Å². The Morgan fingerprint density at radius 2 is 1.44 bits per heavy atom. The fourth-order valence-corrected chi connectivity index (χ4v) is 1.95. The fraction of sp³-hybridized carbons (Fsp3) is 0.133. The molecule has 0 saturated carbocycles. The summed E-state index contributed by atoms with van der Waals surface area (Å²) in [4.78, 5) is 11.8. The molecule has 0 aliphatic carbocycles. The standard InChI is InChI=1S/C15H11F6N3O/c16-14(17,18)8-2-1-3-9(6-8)23-13(25)24-10-4-5-12(22)11(7-10)15(19,20)21/h1-7H,22H2,(H2,23,24,25). The van der Waals surface area contributed by atoms with Crippen molar-refractivity contribution in [1.29, 1.82) is 0 Å². The number of nitrogen functional groups attached to an aromatic ring is 1. The van der Waals surface area contributed by atoms with Gasteiger partial charge >= 0.3 is 18.4 Å². The van der Waals surface area contributed by atoms with Crippen LogP contribution in [0.3, 0.4) is 0 Å². The van der Waals surface area contributed by atoms with Crippen molar-refractivity contribution in [2.24, 2.45) is 0 Å². The second-order valence-corrected chi connectivity index (χ2v) is 4.96. The number of hydrogen-bond acceptors (Lipinski definition) is 2. The van der Waals surface area contributed by atoms with Crippen molar-refractivity contribution in [3.63, 3.8) is 0 Å². The lowest BCUT2D eigenvalue weighted by Gasteiger charge is -2.13. The third kappa shape index (κ3) is 4.78. The maximum atomic E-state index is 12.8. The summed E-state index contributed by atoms with van der Waals surface area (Å²) in [5.74, 6) is 0. The highest BCUT2D eigenvalue weighted by atomic mass is 19.4. The van der Waals surface area contributed by atoms with Gasteiger partial charge in [-0.2, -0.15) is 26.3 Å². The summed E-state index contributed by atoms with van der Waals surface area (Å²) in [5, 5.41) is 4.21. The third-order valence-electron chi connectivity index (χ3n) is 3.06. The number of nitrogens with one attached hydrogen (secondary N) is 2. The molecule has 2 aromatic rings. The summed E-state index contributed by atoms with van der Waals surface area (Å²) < 4.78 is 76.1. The van der Waals surface area contributed by atoms with Gasteiger partial charge in [0.1, 0.15) is 0 Å². The zero-order chi connectivity index (χ0) is 18.8. The number of rotatable bonds is 2. The van der Waals surface area contributed by atoms with E-state index < -0.39 is 35.2 Å². The van der Waals surface area contributed by atoms with E-state index in [2.05, 4.69) is 10.6 Å². The average Bonchev–Trinajstić information content (AvgIpc) is 2.47. The number of carbonyl (C=O) groups excluding carboxylic acids is 1. The van der Waals surface area contributed by atoms with Crippen LogP contribution in [0.2, 0.25) is 0 Å². The van der Waals surface area contributed by atoms with E-state index in [0.717, 1.165) is 24.3 Å². The molecular formula is C15H11F6N3O. The number of hydrogen-bond donors (Lipinski definition) is 3. The Kier molecular flexibility index (Phi) is 4.82. The van der Waals surface area contributed by atoms with E-state index in [1.165, 1.54) is 6.07 Å². The monoisotopic (exact) mass is 363 g/mol. The van der Waals surface area contributed by atoms with Gasteiger partial charge in [0, 0.05) is 17.1 Å². The Morgan fingerprint density at radius 3 is 2.00 bits per heavy atom. The molecule has 4 N–H and O–H groups in total. The van der Waals surface area contributed by atoms with Crippen LogP contribution < -0.4 is 16.4 Å². The van der Waals surface area contributed by atoms with Crippen molar-refractivity contribution in [2.75, 3.05) is 16.4 Å². The quantitative estimate of drug-likeness (QED) is 0.522. The predicted molar refractivity (Wildman–Crippen MR) is 79.9 cm³/mol. The molecule has 0 aliphatic heterocycles. The van der Waals surface area contributed by atoms with Crippen molar-refractivity contribution in [3.8, 4) is 0 Å². The lowest BCUT2D eigenvalue weighted by atomic mass is 10.1. The van der Waals surface area contributed by atoms with Gasteiger partial charge in [-0.25, -0.2) is 4.79 Å². The minimum Gasteiger partial charge on any atom is -0.398 e. The fourth-order valence-electron chi connectivity index (χ4n) is 1.95. The zero-order valence-electron chi connectivity index (χ0n) is 12.3. The van der Waals surface area contributed by atoms with Crippen LogP contribution in [0.1, 0.15) is 11.1 Å². The van der Waals surface area contributed by atoms with Crippen LogP contribution in [0.25, 0.3) is 0 Å². The molecule has 2 rings (SSSR count). The first kappa shape index (κ1) is 18.4. The maximum Gasteiger partial charge on any atom is 0.418 e. The first-order valence-corrected chi connectivity index (χ1v) is 6.69. The average molecular weight is 363 g/mol. The van der Waals surface area contributed by atoms with E-state index in [1.807, 2.05) is 0 Å². The second-order valence-electron chi connectivity index (χ2n) is 4.96. The first-order chi connectivity index (χ1) is 11.5. The van der Waals surface area contributed by atoms with E-state index in [0.29, 0.717) is 12.1 Å². The Bertz CT molecular complexity index is 786. The van der Waals surface area contributed by atoms with Crippen molar-refractivity contribution in [2.45, 2.75) is 12.4 Å². The largest absolute Gasteiger partial charge is 0.418 e. The molecule has 4 nitrogen and oxygen atoms in total. The van der Waals surface area contributed by atoms with E-state index in [4.69, 9.17) is 5.73 Å². The number of halogens is 6. The van der Waals surface area contributed by atoms with Crippen LogP contribution in [0.15, 0.2) is 42.5 Å². The molecule has 0 saturated heterocycles. The molecule has 0 atom stereocenters. The Morgan fingerprint density at radius 1 is 0.840 bits per heavy atom. The second kappa shape index (κ2) is 6.54. The summed E-state index contributed by atoms with van der Waals surface area (Å²) in [6.45, 7) is 0. The number of benzene rings is 2. The number of urea groups is 1. The van der Waals surface area contributed by atoms with Crippen molar-refractivity contribution >= 4 is 23.1 Å². The molecule has 0 bridgehead atoms. The first-order valence-electron chi connectivity index (χ1n) is 6.69. The Hall–Kier alpha value is -2.91. The van der Waals surface area contributed by atoms with Crippen LogP contribution in [0, 0.1) is 0 Å². The summed E-state index contributed by atoms with van der Waals surface area (Å²) in [7, 11) is 0. The van der Waals surface area contributed by atoms with Crippen LogP contribution in [0.5, 0.6) is 0 Å². The molecule has 0 unspecified atom stereocenters. The van der Waals surface area contributed by atoms with Crippen molar-refractivity contribution in [3.05, 3.63) is 53.6 Å². The van der Waals surface area contributed by atoms with Crippen LogP contribution in [-0.4, -0.2) is 6.03 Å². The maximum absolute atomic E-state index is 12.8. The highest BCUT2D eigenvalue weighted by molar-refractivity contribution is 6.00. The van der Waals surface area contributed by atoms with Gasteiger partial charge in [-0.15, -0.1) is 0 Å². The predicted octanol–water partition coefficient (Wildman–Crippen LogP) is 4.95. The summed E-state index contributed by atoms with van der Waals surface area (Å²) in [5.41, 5.74) is 2.22. The van der Waals surface area contributed by atoms with E-state index in [1.54, 1.807) is 0 Å². The van der Waals surface area contributed by atoms with Gasteiger partial charge in [0.05, 0.1) is 11.1 Å². The van der Waals surface area contributed by atoms with Crippen LogP contribution >= 0.6 is 0 Å². The number of amides is 2. The molecule has 0 heterocycles. The smallest absolute Gasteiger partial charge is 0.398 e. The minimum absolute atomic E-state index is 0.168. The molecule has 0 radical (unpaired) electrons. The van der Waals surface area contributed by atoms with Crippen LogP contribution in [0.4, 0.5) is 48.2 Å². The van der Waals surface area contributed by atoms with E-state index in [9.17, 15) is 31.1 Å². The number of nitrogens with two attached hydrogens (primary N) is 1. The van der Waals surface area contributed by atoms with Gasteiger partial charge in [-0.1, -0.05) is 6.07 Å². The summed E-state index contributed by atoms with van der Waals surface area (Å²) >= 11 is 0. The summed E-state index contributed by atoms with van der Waals surface area (Å²) in [6, 6.07) is 5.53. The molecule has 0 spiro atoms. The summed E-state index contributed by atoms with van der Waals surface area (Å²) in [6.07, 6.45) is -9.30. The molecule has 2 amide bonds. The number of carbonyl (C=O) groups is 1. The van der Waals surface area contributed by atoms with Gasteiger partial charge in [0.2, 0.25) is 0 Å². The molecule has 0 aliphatic rings. The van der Waals surface area contributed by atoms with E-state index >= 15 is 0 Å². The van der Waals surface area contributed by atoms with Crippen molar-refractivity contribution < 1.29 is 31.1 Å². The topological polar surface area (TPSA) is 67.1 Å². The normalized spacial score (nSPS) is 11.9. The molecule has 0 fully saturated rings. The molecule has 25 heavy (non-hydrogen) atoms. The van der Waals surface area contributed by atoms with Crippen LogP contribution in [-0.2, 0) is 12.4 Å². The Balaban J connectivity index is 2.14. The van der Waals surface area contributed by atoms with Gasteiger partial charge in [-0.05, 0) is 36.4 Å². The lowest BCUT2D eigenvalue weighted by molar-refractivity contribution is -0.138. The molecule has 10 heteroatoms. The minimum atomic E-state index is -4.71. The molecule has 2 aromatic carbocycles.